The molecule has 1 aromatic carbocycles. The normalized spacial score (nSPS) is 11.1. The van der Waals surface area contributed by atoms with E-state index in [1.54, 1.807) is 13.2 Å². The van der Waals surface area contributed by atoms with Crippen LogP contribution in [0.2, 0.25) is 0 Å². The first-order chi connectivity index (χ1) is 10.1. The molecule has 120 valence electrons. The largest absolute Gasteiger partial charge is 0.395 e. The number of rotatable bonds is 10. The SMILES string of the molecule is COCCNCc1cccc(F)c1N(CCO)CC(F)F. The number of aliphatic hydroxyl groups is 1. The van der Waals surface area contributed by atoms with Gasteiger partial charge in [0.15, 0.2) is 0 Å². The van der Waals surface area contributed by atoms with Gasteiger partial charge in [-0.2, -0.15) is 0 Å². The number of anilines is 1. The standard InChI is InChI=1S/C14H21F3N2O2/c1-21-8-5-18-9-11-3-2-4-12(15)14(11)19(6-7-20)10-13(16)17/h2-4,13,18,20H,5-10H2,1H3. The van der Waals surface area contributed by atoms with E-state index in [-0.39, 0.29) is 18.8 Å². The van der Waals surface area contributed by atoms with Gasteiger partial charge in [-0.15, -0.1) is 0 Å². The Bertz CT molecular complexity index is 419. The van der Waals surface area contributed by atoms with Crippen molar-refractivity contribution in [2.75, 3.05) is 44.9 Å². The van der Waals surface area contributed by atoms with E-state index in [0.29, 0.717) is 25.3 Å². The van der Waals surface area contributed by atoms with Crippen LogP contribution in [0.3, 0.4) is 0 Å². The molecule has 4 nitrogen and oxygen atoms in total. The van der Waals surface area contributed by atoms with Crippen molar-refractivity contribution in [3.05, 3.63) is 29.6 Å². The summed E-state index contributed by atoms with van der Waals surface area (Å²) in [5.74, 6) is -0.574. The Labute approximate surface area is 122 Å². The predicted molar refractivity (Wildman–Crippen MR) is 75.3 cm³/mol. The molecule has 0 aliphatic heterocycles. The predicted octanol–water partition coefficient (Wildman–Crippen LogP) is 1.63. The van der Waals surface area contributed by atoms with Crippen molar-refractivity contribution < 1.29 is 23.0 Å². The molecule has 7 heteroatoms. The molecule has 0 aliphatic rings. The Morgan fingerprint density at radius 3 is 2.76 bits per heavy atom. The monoisotopic (exact) mass is 306 g/mol. The van der Waals surface area contributed by atoms with Crippen LogP contribution in [-0.2, 0) is 11.3 Å². The number of hydrogen-bond donors (Lipinski definition) is 2. The van der Waals surface area contributed by atoms with E-state index >= 15 is 0 Å². The van der Waals surface area contributed by atoms with E-state index < -0.39 is 18.8 Å². The summed E-state index contributed by atoms with van der Waals surface area (Å²) in [7, 11) is 1.57. The van der Waals surface area contributed by atoms with Crippen molar-refractivity contribution in [2.24, 2.45) is 0 Å². The highest BCUT2D eigenvalue weighted by Gasteiger charge is 2.19. The van der Waals surface area contributed by atoms with Crippen LogP contribution < -0.4 is 10.2 Å². The maximum absolute atomic E-state index is 14.0. The molecule has 1 aromatic rings. The summed E-state index contributed by atoms with van der Waals surface area (Å²) in [6.45, 7) is 0.422. The first-order valence-corrected chi connectivity index (χ1v) is 6.71. The Morgan fingerprint density at radius 2 is 2.14 bits per heavy atom. The second kappa shape index (κ2) is 9.59. The third-order valence-corrected chi connectivity index (χ3v) is 2.91. The number of hydrogen-bond acceptors (Lipinski definition) is 4. The zero-order valence-electron chi connectivity index (χ0n) is 12.0. The molecule has 0 saturated carbocycles. The molecule has 0 amide bonds. The van der Waals surface area contributed by atoms with E-state index in [1.165, 1.54) is 17.0 Å². The Hall–Kier alpha value is -1.31. The van der Waals surface area contributed by atoms with Crippen LogP contribution >= 0.6 is 0 Å². The lowest BCUT2D eigenvalue weighted by Crippen LogP contribution is -2.33. The van der Waals surface area contributed by atoms with E-state index in [4.69, 9.17) is 9.84 Å². The van der Waals surface area contributed by atoms with Crippen LogP contribution in [0.5, 0.6) is 0 Å². The van der Waals surface area contributed by atoms with Crippen LogP contribution in [0.4, 0.5) is 18.9 Å². The molecule has 0 saturated heterocycles. The summed E-state index contributed by atoms with van der Waals surface area (Å²) in [5.41, 5.74) is 0.678. The van der Waals surface area contributed by atoms with Crippen molar-refractivity contribution in [3.63, 3.8) is 0 Å². The van der Waals surface area contributed by atoms with Crippen molar-refractivity contribution in [1.29, 1.82) is 0 Å². The van der Waals surface area contributed by atoms with Gasteiger partial charge in [-0.1, -0.05) is 12.1 Å². The molecule has 0 aromatic heterocycles. The average Bonchev–Trinajstić information content (AvgIpc) is 2.43. The zero-order valence-corrected chi connectivity index (χ0v) is 12.0. The number of para-hydroxylation sites is 1. The summed E-state index contributed by atoms with van der Waals surface area (Å²) in [5, 5.41) is 12.0. The second-order valence-corrected chi connectivity index (χ2v) is 4.48. The summed E-state index contributed by atoms with van der Waals surface area (Å²) < 4.78 is 44.2. The first kappa shape index (κ1) is 17.7. The lowest BCUT2D eigenvalue weighted by atomic mass is 10.1. The fourth-order valence-electron chi connectivity index (χ4n) is 2.04. The van der Waals surface area contributed by atoms with Gasteiger partial charge in [0.1, 0.15) is 5.82 Å². The van der Waals surface area contributed by atoms with Gasteiger partial charge in [-0.3, -0.25) is 0 Å². The number of halogens is 3. The van der Waals surface area contributed by atoms with Crippen LogP contribution in [0, 0.1) is 5.82 Å². The number of alkyl halides is 2. The third-order valence-electron chi connectivity index (χ3n) is 2.91. The second-order valence-electron chi connectivity index (χ2n) is 4.48. The summed E-state index contributed by atoms with van der Waals surface area (Å²) in [6, 6.07) is 4.43. The first-order valence-electron chi connectivity index (χ1n) is 6.71. The molecule has 1 rings (SSSR count). The van der Waals surface area contributed by atoms with Gasteiger partial charge in [-0.05, 0) is 11.6 Å². The summed E-state index contributed by atoms with van der Waals surface area (Å²) >= 11 is 0. The summed E-state index contributed by atoms with van der Waals surface area (Å²) in [4.78, 5) is 1.17. The molecule has 0 atom stereocenters. The maximum atomic E-state index is 14.0. The molecule has 0 radical (unpaired) electrons. The van der Waals surface area contributed by atoms with Gasteiger partial charge in [0, 0.05) is 26.7 Å². The zero-order chi connectivity index (χ0) is 15.7. The van der Waals surface area contributed by atoms with Crippen LogP contribution in [0.25, 0.3) is 0 Å². The van der Waals surface area contributed by atoms with Gasteiger partial charge < -0.3 is 20.1 Å². The highest BCUT2D eigenvalue weighted by molar-refractivity contribution is 5.55. The Kier molecular flexibility index (Phi) is 8.11. The fourth-order valence-corrected chi connectivity index (χ4v) is 2.04. The van der Waals surface area contributed by atoms with Crippen molar-refractivity contribution in [3.8, 4) is 0 Å². The molecule has 0 heterocycles. The van der Waals surface area contributed by atoms with Gasteiger partial charge >= 0.3 is 0 Å². The van der Waals surface area contributed by atoms with E-state index in [1.807, 2.05) is 0 Å². The number of aliphatic hydroxyl groups excluding tert-OH is 1. The van der Waals surface area contributed by atoms with Crippen LogP contribution in [0.1, 0.15) is 5.56 Å². The molecule has 0 aliphatic carbocycles. The third kappa shape index (κ3) is 5.91. The van der Waals surface area contributed by atoms with E-state index in [2.05, 4.69) is 5.32 Å². The number of nitrogens with one attached hydrogen (secondary N) is 1. The molecule has 21 heavy (non-hydrogen) atoms. The number of methoxy groups -OCH3 is 1. The van der Waals surface area contributed by atoms with Gasteiger partial charge in [0.05, 0.1) is 25.4 Å². The molecule has 0 unspecified atom stereocenters. The fraction of sp³-hybridized carbons (Fsp3) is 0.571. The lowest BCUT2D eigenvalue weighted by Gasteiger charge is -2.26. The van der Waals surface area contributed by atoms with Crippen molar-refractivity contribution in [2.45, 2.75) is 13.0 Å². The molecular weight excluding hydrogens is 285 g/mol. The van der Waals surface area contributed by atoms with Gasteiger partial charge in [-0.25, -0.2) is 13.2 Å². The minimum Gasteiger partial charge on any atom is -0.395 e. The van der Waals surface area contributed by atoms with Crippen molar-refractivity contribution in [1.82, 2.24) is 5.32 Å². The topological polar surface area (TPSA) is 44.7 Å². The summed E-state index contributed by atoms with van der Waals surface area (Å²) in [6.07, 6.45) is -2.61. The van der Waals surface area contributed by atoms with E-state index in [9.17, 15) is 13.2 Å². The van der Waals surface area contributed by atoms with Gasteiger partial charge in [0.25, 0.3) is 6.43 Å². The quantitative estimate of drug-likeness (QED) is 0.645. The average molecular weight is 306 g/mol. The van der Waals surface area contributed by atoms with Gasteiger partial charge in [0.2, 0.25) is 0 Å². The molecule has 0 bridgehead atoms. The number of benzene rings is 1. The maximum Gasteiger partial charge on any atom is 0.255 e. The highest BCUT2D eigenvalue weighted by Crippen LogP contribution is 2.25. The molecule has 0 fully saturated rings. The Morgan fingerprint density at radius 1 is 1.38 bits per heavy atom. The van der Waals surface area contributed by atoms with Crippen LogP contribution in [-0.4, -0.2) is 51.5 Å². The van der Waals surface area contributed by atoms with Crippen LogP contribution in [0.15, 0.2) is 18.2 Å². The molecule has 0 spiro atoms. The smallest absolute Gasteiger partial charge is 0.255 e. The highest BCUT2D eigenvalue weighted by atomic mass is 19.3. The molecule has 2 N–H and O–H groups in total. The number of ether oxygens (including phenoxy) is 1. The van der Waals surface area contributed by atoms with Crippen molar-refractivity contribution >= 4 is 5.69 Å². The minimum absolute atomic E-state index is 0.0453. The number of nitrogens with zero attached hydrogens (tertiary/aromatic N) is 1. The Balaban J connectivity index is 2.90. The van der Waals surface area contributed by atoms with E-state index in [0.717, 1.165) is 0 Å². The minimum atomic E-state index is -2.61. The molecular formula is C14H21F3N2O2. The lowest BCUT2D eigenvalue weighted by molar-refractivity contribution is 0.152.